The Hall–Kier alpha value is -3.38. The summed E-state index contributed by atoms with van der Waals surface area (Å²) in [5.41, 5.74) is 1.96. The van der Waals surface area contributed by atoms with Crippen molar-refractivity contribution >= 4 is 45.5 Å². The molecule has 0 spiro atoms. The maximum absolute atomic E-state index is 13.4. The third-order valence-corrected chi connectivity index (χ3v) is 7.53. The van der Waals surface area contributed by atoms with Crippen molar-refractivity contribution in [3.8, 4) is 0 Å². The highest BCUT2D eigenvalue weighted by Gasteiger charge is 2.25. The van der Waals surface area contributed by atoms with Crippen LogP contribution in [0, 0.1) is 5.92 Å². The molecule has 0 bridgehead atoms. The van der Waals surface area contributed by atoms with Crippen molar-refractivity contribution in [3.05, 3.63) is 83.9 Å². The maximum Gasteiger partial charge on any atom is 0.224 e. The molecule has 2 N–H and O–H groups in total. The average molecular weight is 559 g/mol. The van der Waals surface area contributed by atoms with Crippen molar-refractivity contribution in [2.24, 2.45) is 5.92 Å². The molecule has 0 fully saturated rings. The number of hydrogen-bond donors (Lipinski definition) is 2. The van der Waals surface area contributed by atoms with Crippen molar-refractivity contribution in [1.29, 1.82) is 0 Å². The summed E-state index contributed by atoms with van der Waals surface area (Å²) in [6.07, 6.45) is 3.04. The van der Waals surface area contributed by atoms with Gasteiger partial charge in [-0.3, -0.25) is 14.4 Å². The summed E-state index contributed by atoms with van der Waals surface area (Å²) in [4.78, 5) is 39.5. The quantitative estimate of drug-likeness (QED) is 0.220. The molecule has 2 amide bonds. The van der Waals surface area contributed by atoms with E-state index >= 15 is 0 Å². The Bertz CT molecular complexity index is 1310. The first-order chi connectivity index (χ1) is 19.0. The van der Waals surface area contributed by atoms with Crippen molar-refractivity contribution in [2.45, 2.75) is 84.2 Å². The fourth-order valence-corrected chi connectivity index (χ4v) is 4.97. The van der Waals surface area contributed by atoms with Gasteiger partial charge in [0.1, 0.15) is 5.78 Å². The molecule has 0 aliphatic rings. The van der Waals surface area contributed by atoms with E-state index in [4.69, 9.17) is 12.2 Å². The number of fused-ring (bicyclic) bond motifs is 1. The van der Waals surface area contributed by atoms with Gasteiger partial charge in [-0.1, -0.05) is 85.0 Å². The molecule has 6 heteroatoms. The molecular formula is C34H42N2O3S. The van der Waals surface area contributed by atoms with Crippen LogP contribution in [0.25, 0.3) is 10.8 Å². The molecule has 5 nitrogen and oxygen atoms in total. The Morgan fingerprint density at radius 2 is 1.50 bits per heavy atom. The second-order valence-electron chi connectivity index (χ2n) is 11.6. The summed E-state index contributed by atoms with van der Waals surface area (Å²) in [6.45, 7) is 7.65. The minimum atomic E-state index is -0.586. The average Bonchev–Trinajstić information content (AvgIpc) is 2.92. The van der Waals surface area contributed by atoms with Gasteiger partial charge in [-0.15, -0.1) is 0 Å². The molecule has 0 heterocycles. The molecule has 40 heavy (non-hydrogen) atoms. The molecule has 0 saturated heterocycles. The number of Topliss-reactive ketones (excluding diaryl/α,β-unsaturated/α-hetero) is 1. The lowest BCUT2D eigenvalue weighted by Gasteiger charge is -2.23. The first kappa shape index (κ1) is 31.2. The SMILES string of the molecule is C[C@H](NC(=O)[C@H](CCC(=O)NC(C)(C)C)CC(=O)CCc1ccccc1)C(=S)CCc1cccc2ccccc12. The van der Waals surface area contributed by atoms with Crippen molar-refractivity contribution < 1.29 is 14.4 Å². The fraction of sp³-hybridized carbons (Fsp3) is 0.412. The van der Waals surface area contributed by atoms with Gasteiger partial charge in [0.05, 0.1) is 6.04 Å². The molecule has 212 valence electrons. The fourth-order valence-electron chi connectivity index (χ4n) is 4.81. The number of thiocarbonyl (C=S) groups is 1. The number of aryl methyl sites for hydroxylation is 2. The van der Waals surface area contributed by atoms with Crippen LogP contribution in [0.1, 0.15) is 70.9 Å². The van der Waals surface area contributed by atoms with Crippen LogP contribution >= 0.6 is 12.2 Å². The minimum Gasteiger partial charge on any atom is -0.352 e. The van der Waals surface area contributed by atoms with Crippen molar-refractivity contribution in [3.63, 3.8) is 0 Å². The largest absolute Gasteiger partial charge is 0.352 e. The van der Waals surface area contributed by atoms with Gasteiger partial charge in [0.25, 0.3) is 0 Å². The zero-order valence-corrected chi connectivity index (χ0v) is 25.0. The molecule has 0 aliphatic carbocycles. The summed E-state index contributed by atoms with van der Waals surface area (Å²) < 4.78 is 0. The standard InChI is InChI=1S/C34H42N2O3S/c1-24(31(40)21-18-27-15-10-14-26-13-8-9-16-30(26)27)35-33(39)28(19-22-32(38)36-34(2,3)4)23-29(37)20-17-25-11-6-5-7-12-25/h5-16,24,28H,17-23H2,1-4H3,(H,35,39)(H,36,38)/t24-,28+/m0/s1. The van der Waals surface area contributed by atoms with Gasteiger partial charge in [0.15, 0.2) is 0 Å². The van der Waals surface area contributed by atoms with Crippen LogP contribution in [0.3, 0.4) is 0 Å². The van der Waals surface area contributed by atoms with Crippen molar-refractivity contribution in [1.82, 2.24) is 10.6 Å². The van der Waals surface area contributed by atoms with E-state index in [1.807, 2.05) is 70.2 Å². The predicted molar refractivity (Wildman–Crippen MR) is 167 cm³/mol. The Labute approximate surface area is 244 Å². The zero-order valence-electron chi connectivity index (χ0n) is 24.2. The normalized spacial score (nSPS) is 12.9. The van der Waals surface area contributed by atoms with Gasteiger partial charge in [-0.25, -0.2) is 0 Å². The maximum atomic E-state index is 13.4. The van der Waals surface area contributed by atoms with E-state index in [0.717, 1.165) is 16.8 Å². The number of ketones is 1. The number of amides is 2. The third kappa shape index (κ3) is 10.3. The topological polar surface area (TPSA) is 75.3 Å². The van der Waals surface area contributed by atoms with Gasteiger partial charge < -0.3 is 10.6 Å². The van der Waals surface area contributed by atoms with Gasteiger partial charge in [-0.2, -0.15) is 0 Å². The molecule has 3 aromatic rings. The van der Waals surface area contributed by atoms with Gasteiger partial charge in [-0.05, 0) is 75.3 Å². The van der Waals surface area contributed by atoms with Crippen LogP contribution < -0.4 is 10.6 Å². The van der Waals surface area contributed by atoms with E-state index in [2.05, 4.69) is 41.0 Å². The lowest BCUT2D eigenvalue weighted by atomic mass is 9.92. The molecule has 3 aromatic carbocycles. The number of benzene rings is 3. The highest BCUT2D eigenvalue weighted by molar-refractivity contribution is 7.80. The third-order valence-electron chi connectivity index (χ3n) is 6.98. The second-order valence-corrected chi connectivity index (χ2v) is 12.1. The van der Waals surface area contributed by atoms with E-state index in [1.165, 1.54) is 16.3 Å². The van der Waals surface area contributed by atoms with Crippen LogP contribution in [-0.2, 0) is 27.2 Å². The van der Waals surface area contributed by atoms with E-state index < -0.39 is 5.92 Å². The summed E-state index contributed by atoms with van der Waals surface area (Å²) >= 11 is 5.71. The summed E-state index contributed by atoms with van der Waals surface area (Å²) in [5.74, 6) is -0.916. The molecule has 0 saturated carbocycles. The van der Waals surface area contributed by atoms with E-state index in [-0.39, 0.29) is 42.0 Å². The Morgan fingerprint density at radius 1 is 0.825 bits per heavy atom. The van der Waals surface area contributed by atoms with Crippen molar-refractivity contribution in [2.75, 3.05) is 0 Å². The predicted octanol–water partition coefficient (Wildman–Crippen LogP) is 6.55. The highest BCUT2D eigenvalue weighted by atomic mass is 32.1. The van der Waals surface area contributed by atoms with Gasteiger partial charge >= 0.3 is 0 Å². The smallest absolute Gasteiger partial charge is 0.224 e. The Kier molecular flexibility index (Phi) is 11.6. The van der Waals surface area contributed by atoms with Crippen LogP contribution in [0.2, 0.25) is 0 Å². The van der Waals surface area contributed by atoms with E-state index in [1.54, 1.807) is 0 Å². The van der Waals surface area contributed by atoms with E-state index in [0.29, 0.717) is 25.7 Å². The molecule has 2 atom stereocenters. The molecule has 0 aromatic heterocycles. The lowest BCUT2D eigenvalue weighted by Crippen LogP contribution is -2.43. The van der Waals surface area contributed by atoms with Crippen LogP contribution in [0.15, 0.2) is 72.8 Å². The zero-order chi connectivity index (χ0) is 29.1. The second kappa shape index (κ2) is 14.8. The summed E-state index contributed by atoms with van der Waals surface area (Å²) in [5, 5.41) is 8.39. The first-order valence-corrected chi connectivity index (χ1v) is 14.6. The number of nitrogens with one attached hydrogen (secondary N) is 2. The monoisotopic (exact) mass is 558 g/mol. The highest BCUT2D eigenvalue weighted by Crippen LogP contribution is 2.21. The molecule has 0 unspecified atom stereocenters. The summed E-state index contributed by atoms with van der Waals surface area (Å²) in [6, 6.07) is 24.1. The number of carbonyl (C=O) groups is 3. The molecule has 0 aliphatic heterocycles. The minimum absolute atomic E-state index is 0.0198. The van der Waals surface area contributed by atoms with Gasteiger partial charge in [0.2, 0.25) is 11.8 Å². The number of hydrogen-bond acceptors (Lipinski definition) is 4. The van der Waals surface area contributed by atoms with Crippen LogP contribution in [-0.4, -0.2) is 34.0 Å². The first-order valence-electron chi connectivity index (χ1n) is 14.2. The van der Waals surface area contributed by atoms with Crippen LogP contribution in [0.5, 0.6) is 0 Å². The molecule has 3 rings (SSSR count). The molecule has 0 radical (unpaired) electrons. The van der Waals surface area contributed by atoms with E-state index in [9.17, 15) is 14.4 Å². The number of carbonyl (C=O) groups excluding carboxylic acids is 3. The Balaban J connectivity index is 1.59. The lowest BCUT2D eigenvalue weighted by molar-refractivity contribution is -0.130. The molecular weight excluding hydrogens is 516 g/mol. The Morgan fingerprint density at radius 3 is 2.23 bits per heavy atom. The summed E-state index contributed by atoms with van der Waals surface area (Å²) in [7, 11) is 0. The number of rotatable bonds is 14. The van der Waals surface area contributed by atoms with Crippen LogP contribution in [0.4, 0.5) is 0 Å². The van der Waals surface area contributed by atoms with Gasteiger partial charge in [0, 0.05) is 35.6 Å².